The second-order valence-corrected chi connectivity index (χ2v) is 4.97. The van der Waals surface area contributed by atoms with Crippen LogP contribution in [0.3, 0.4) is 0 Å². The van der Waals surface area contributed by atoms with Crippen LogP contribution < -0.4 is 5.32 Å². The summed E-state index contributed by atoms with van der Waals surface area (Å²) in [5.41, 5.74) is 1.62. The Labute approximate surface area is 131 Å². The molecule has 3 rings (SSSR count). The quantitative estimate of drug-likeness (QED) is 0.804. The van der Waals surface area contributed by atoms with E-state index in [4.69, 9.17) is 0 Å². The molecule has 0 aliphatic carbocycles. The fourth-order valence-corrected chi connectivity index (χ4v) is 2.14. The van der Waals surface area contributed by atoms with Crippen molar-refractivity contribution in [2.24, 2.45) is 0 Å². The molecule has 0 aliphatic rings. The lowest BCUT2D eigenvalue weighted by Crippen LogP contribution is -2.22. The van der Waals surface area contributed by atoms with Crippen molar-refractivity contribution < 1.29 is 13.6 Å². The van der Waals surface area contributed by atoms with Gasteiger partial charge in [0.25, 0.3) is 5.91 Å². The summed E-state index contributed by atoms with van der Waals surface area (Å²) in [6, 6.07) is 12.2. The molecule has 0 saturated carbocycles. The molecular weight excluding hydrogens is 300 g/mol. The van der Waals surface area contributed by atoms with Crippen LogP contribution >= 0.6 is 0 Å². The Hall–Kier alpha value is -3.02. The minimum Gasteiger partial charge on any atom is -0.348 e. The smallest absolute Gasteiger partial charge is 0.251 e. The van der Waals surface area contributed by atoms with Gasteiger partial charge in [-0.3, -0.25) is 4.79 Å². The van der Waals surface area contributed by atoms with Crippen LogP contribution in [0.1, 0.15) is 15.9 Å². The van der Waals surface area contributed by atoms with Crippen LogP contribution in [-0.2, 0) is 6.54 Å². The first kappa shape index (κ1) is 14.9. The minimum atomic E-state index is -0.785. The molecule has 1 aromatic heterocycles. The predicted octanol–water partition coefficient (Wildman–Crippen LogP) is 3.08. The molecule has 23 heavy (non-hydrogen) atoms. The first-order chi connectivity index (χ1) is 11.1. The van der Waals surface area contributed by atoms with Gasteiger partial charge in [-0.25, -0.2) is 13.5 Å². The largest absolute Gasteiger partial charge is 0.348 e. The number of amides is 1. The van der Waals surface area contributed by atoms with Crippen LogP contribution in [0.4, 0.5) is 8.78 Å². The molecule has 0 fully saturated rings. The summed E-state index contributed by atoms with van der Waals surface area (Å²) in [7, 11) is 0. The van der Waals surface area contributed by atoms with Crippen LogP contribution in [0.25, 0.3) is 5.69 Å². The SMILES string of the molecule is O=C(NCc1cnn(-c2ccccc2)c1)c1cc(F)cc(F)c1. The summed E-state index contributed by atoms with van der Waals surface area (Å²) >= 11 is 0. The minimum absolute atomic E-state index is 0.0575. The molecule has 0 radical (unpaired) electrons. The number of nitrogens with one attached hydrogen (secondary N) is 1. The Bertz CT molecular complexity index is 811. The van der Waals surface area contributed by atoms with E-state index in [-0.39, 0.29) is 12.1 Å². The molecule has 6 heteroatoms. The molecule has 1 N–H and O–H groups in total. The Kier molecular flexibility index (Phi) is 4.14. The highest BCUT2D eigenvalue weighted by Gasteiger charge is 2.09. The van der Waals surface area contributed by atoms with Crippen LogP contribution in [0.2, 0.25) is 0 Å². The number of carbonyl (C=O) groups is 1. The van der Waals surface area contributed by atoms with Gasteiger partial charge < -0.3 is 5.32 Å². The van der Waals surface area contributed by atoms with Crippen molar-refractivity contribution >= 4 is 5.91 Å². The Morgan fingerprint density at radius 3 is 2.48 bits per heavy atom. The molecule has 4 nitrogen and oxygen atoms in total. The fraction of sp³-hybridized carbons (Fsp3) is 0.0588. The standard InChI is InChI=1S/C17H13F2N3O/c18-14-6-13(7-15(19)8-14)17(23)20-9-12-10-21-22(11-12)16-4-2-1-3-5-16/h1-8,10-11H,9H2,(H,20,23). The third-order valence-corrected chi connectivity index (χ3v) is 3.23. The number of carbonyl (C=O) groups excluding carboxylic acids is 1. The topological polar surface area (TPSA) is 46.9 Å². The number of hydrogen-bond donors (Lipinski definition) is 1. The van der Waals surface area contributed by atoms with Gasteiger partial charge in [-0.1, -0.05) is 18.2 Å². The van der Waals surface area contributed by atoms with Gasteiger partial charge in [-0.15, -0.1) is 0 Å². The first-order valence-corrected chi connectivity index (χ1v) is 6.95. The number of halogens is 2. The molecule has 0 unspecified atom stereocenters. The molecule has 0 atom stereocenters. The summed E-state index contributed by atoms with van der Waals surface area (Å²) < 4.78 is 27.9. The molecule has 3 aromatic rings. The van der Waals surface area contributed by atoms with E-state index in [1.165, 1.54) is 0 Å². The number of nitrogens with zero attached hydrogens (tertiary/aromatic N) is 2. The predicted molar refractivity (Wildman–Crippen MR) is 81.1 cm³/mol. The number of rotatable bonds is 4. The first-order valence-electron chi connectivity index (χ1n) is 6.95. The van der Waals surface area contributed by atoms with Crippen molar-refractivity contribution in [3.8, 4) is 5.69 Å². The van der Waals surface area contributed by atoms with Crippen LogP contribution in [0.15, 0.2) is 60.9 Å². The number of benzene rings is 2. The summed E-state index contributed by atoms with van der Waals surface area (Å²) in [6.07, 6.45) is 3.40. The van der Waals surface area contributed by atoms with Gasteiger partial charge >= 0.3 is 0 Å². The monoisotopic (exact) mass is 313 g/mol. The van der Waals surface area contributed by atoms with Crippen molar-refractivity contribution in [3.63, 3.8) is 0 Å². The highest BCUT2D eigenvalue weighted by Crippen LogP contribution is 2.10. The molecule has 1 amide bonds. The van der Waals surface area contributed by atoms with E-state index >= 15 is 0 Å². The highest BCUT2D eigenvalue weighted by atomic mass is 19.1. The molecule has 116 valence electrons. The van der Waals surface area contributed by atoms with E-state index in [1.807, 2.05) is 30.3 Å². The van der Waals surface area contributed by atoms with Crippen molar-refractivity contribution in [2.75, 3.05) is 0 Å². The van der Waals surface area contributed by atoms with Gasteiger partial charge in [0.15, 0.2) is 0 Å². The molecular formula is C17H13F2N3O. The maximum absolute atomic E-state index is 13.1. The van der Waals surface area contributed by atoms with Gasteiger partial charge in [0, 0.05) is 29.9 Å². The molecule has 0 bridgehead atoms. The van der Waals surface area contributed by atoms with E-state index in [0.29, 0.717) is 0 Å². The summed E-state index contributed by atoms with van der Waals surface area (Å²) in [5, 5.41) is 6.82. The average molecular weight is 313 g/mol. The Morgan fingerprint density at radius 1 is 1.09 bits per heavy atom. The second-order valence-electron chi connectivity index (χ2n) is 4.97. The zero-order valence-corrected chi connectivity index (χ0v) is 12.0. The maximum atomic E-state index is 13.1. The van der Waals surface area contributed by atoms with Crippen LogP contribution in [0.5, 0.6) is 0 Å². The van der Waals surface area contributed by atoms with Gasteiger partial charge in [0.05, 0.1) is 11.9 Å². The molecule has 0 saturated heterocycles. The number of aromatic nitrogens is 2. The lowest BCUT2D eigenvalue weighted by atomic mass is 10.2. The van der Waals surface area contributed by atoms with Gasteiger partial charge in [0.1, 0.15) is 11.6 Å². The van der Waals surface area contributed by atoms with E-state index in [9.17, 15) is 13.6 Å². The zero-order valence-electron chi connectivity index (χ0n) is 12.0. The third kappa shape index (κ3) is 3.60. The zero-order chi connectivity index (χ0) is 16.2. The van der Waals surface area contributed by atoms with Crippen molar-refractivity contribution in [2.45, 2.75) is 6.54 Å². The van der Waals surface area contributed by atoms with E-state index in [0.717, 1.165) is 29.4 Å². The van der Waals surface area contributed by atoms with E-state index < -0.39 is 17.5 Å². The number of para-hydroxylation sites is 1. The van der Waals surface area contributed by atoms with Crippen LogP contribution in [-0.4, -0.2) is 15.7 Å². The number of hydrogen-bond acceptors (Lipinski definition) is 2. The molecule has 1 heterocycles. The molecule has 0 spiro atoms. The fourth-order valence-electron chi connectivity index (χ4n) is 2.14. The lowest BCUT2D eigenvalue weighted by Gasteiger charge is -2.04. The summed E-state index contributed by atoms with van der Waals surface area (Å²) in [4.78, 5) is 11.9. The third-order valence-electron chi connectivity index (χ3n) is 3.23. The van der Waals surface area contributed by atoms with Gasteiger partial charge in [-0.05, 0) is 24.3 Å². The van der Waals surface area contributed by atoms with Gasteiger partial charge in [-0.2, -0.15) is 5.10 Å². The normalized spacial score (nSPS) is 10.5. The van der Waals surface area contributed by atoms with Crippen molar-refractivity contribution in [1.82, 2.24) is 15.1 Å². The Morgan fingerprint density at radius 2 is 1.78 bits per heavy atom. The van der Waals surface area contributed by atoms with Crippen LogP contribution in [0, 0.1) is 11.6 Å². The second kappa shape index (κ2) is 6.39. The highest BCUT2D eigenvalue weighted by molar-refractivity contribution is 5.94. The maximum Gasteiger partial charge on any atom is 0.251 e. The lowest BCUT2D eigenvalue weighted by molar-refractivity contribution is 0.0950. The van der Waals surface area contributed by atoms with Gasteiger partial charge in [0.2, 0.25) is 0 Å². The summed E-state index contributed by atoms with van der Waals surface area (Å²) in [6.45, 7) is 0.212. The van der Waals surface area contributed by atoms with Crippen molar-refractivity contribution in [3.05, 3.63) is 83.7 Å². The summed E-state index contributed by atoms with van der Waals surface area (Å²) in [5.74, 6) is -2.12. The molecule has 0 aliphatic heterocycles. The van der Waals surface area contributed by atoms with E-state index in [2.05, 4.69) is 10.4 Å². The Balaban J connectivity index is 1.67. The van der Waals surface area contributed by atoms with E-state index in [1.54, 1.807) is 17.1 Å². The average Bonchev–Trinajstić information content (AvgIpc) is 3.01. The van der Waals surface area contributed by atoms with Crippen molar-refractivity contribution in [1.29, 1.82) is 0 Å². The molecule has 2 aromatic carbocycles.